The molecule has 7 nitrogen and oxygen atoms in total. The van der Waals surface area contributed by atoms with Crippen LogP contribution in [0.5, 0.6) is 0 Å². The molecule has 10 heteroatoms. The number of benzene rings is 1. The lowest BCUT2D eigenvalue weighted by Gasteiger charge is -2.02. The molecule has 0 heterocycles. The molecule has 0 saturated heterocycles. The number of hydrogen-bond donors (Lipinski definition) is 1. The van der Waals surface area contributed by atoms with Crippen molar-refractivity contribution in [1.29, 1.82) is 0 Å². The van der Waals surface area contributed by atoms with Crippen molar-refractivity contribution in [2.24, 2.45) is 0 Å². The summed E-state index contributed by atoms with van der Waals surface area (Å²) in [7, 11) is 0.218. The van der Waals surface area contributed by atoms with Gasteiger partial charge in [-0.25, -0.2) is 17.6 Å². The fourth-order valence-electron chi connectivity index (χ4n) is 1.02. The molecule has 92 valence electrons. The zero-order chi connectivity index (χ0) is 13.4. The predicted molar refractivity (Wildman–Crippen MR) is 53.1 cm³/mol. The van der Waals surface area contributed by atoms with Crippen molar-refractivity contribution in [2.45, 2.75) is 4.90 Å². The SMILES string of the molecule is O=C(O)c1cc([N+](=O)[O-])cc(S(=O)(=O)Cl)c1F. The fraction of sp³-hybridized carbons (Fsp3) is 0. The van der Waals surface area contributed by atoms with E-state index in [4.69, 9.17) is 15.8 Å². The van der Waals surface area contributed by atoms with Crippen LogP contribution in [0.2, 0.25) is 0 Å². The molecule has 0 spiro atoms. The summed E-state index contributed by atoms with van der Waals surface area (Å²) in [6.07, 6.45) is 0. The number of nitro groups is 1. The highest BCUT2D eigenvalue weighted by molar-refractivity contribution is 8.13. The molecule has 0 amide bonds. The van der Waals surface area contributed by atoms with E-state index in [9.17, 15) is 27.7 Å². The van der Waals surface area contributed by atoms with Crippen LogP contribution in [-0.2, 0) is 9.05 Å². The number of rotatable bonds is 3. The number of hydrogen-bond acceptors (Lipinski definition) is 5. The van der Waals surface area contributed by atoms with Crippen molar-refractivity contribution in [3.63, 3.8) is 0 Å². The van der Waals surface area contributed by atoms with E-state index in [1.807, 2.05) is 0 Å². The first-order valence-electron chi connectivity index (χ1n) is 3.80. The van der Waals surface area contributed by atoms with E-state index >= 15 is 0 Å². The molecule has 1 rings (SSSR count). The van der Waals surface area contributed by atoms with Crippen molar-refractivity contribution in [2.75, 3.05) is 0 Å². The molecule has 0 aliphatic carbocycles. The molecule has 0 fully saturated rings. The minimum absolute atomic E-state index is 0.351. The fourth-order valence-corrected chi connectivity index (χ4v) is 1.94. The highest BCUT2D eigenvalue weighted by Gasteiger charge is 2.27. The van der Waals surface area contributed by atoms with Crippen molar-refractivity contribution >= 4 is 31.4 Å². The van der Waals surface area contributed by atoms with E-state index in [1.165, 1.54) is 0 Å². The highest BCUT2D eigenvalue weighted by Crippen LogP contribution is 2.27. The lowest BCUT2D eigenvalue weighted by atomic mass is 10.2. The number of nitrogens with zero attached hydrogens (tertiary/aromatic N) is 1. The van der Waals surface area contributed by atoms with Crippen molar-refractivity contribution in [3.8, 4) is 0 Å². The lowest BCUT2D eigenvalue weighted by Crippen LogP contribution is -2.07. The van der Waals surface area contributed by atoms with Gasteiger partial charge in [0.25, 0.3) is 14.7 Å². The van der Waals surface area contributed by atoms with Gasteiger partial charge in [0.1, 0.15) is 10.5 Å². The zero-order valence-electron chi connectivity index (χ0n) is 7.75. The molecule has 17 heavy (non-hydrogen) atoms. The van der Waals surface area contributed by atoms with Gasteiger partial charge in [-0.2, -0.15) is 0 Å². The standard InChI is InChI=1S/C7H3ClFNO6S/c8-17(15,16)5-2-3(10(13)14)1-4(6(5)9)7(11)12/h1-2H,(H,11,12). The molecule has 0 bridgehead atoms. The van der Waals surface area contributed by atoms with Gasteiger partial charge in [0, 0.05) is 22.8 Å². The number of carboxylic acids is 1. The summed E-state index contributed by atoms with van der Waals surface area (Å²) in [6.45, 7) is 0. The maximum absolute atomic E-state index is 13.4. The largest absolute Gasteiger partial charge is 0.478 e. The summed E-state index contributed by atoms with van der Waals surface area (Å²) in [5.41, 5.74) is -2.03. The molecule has 0 radical (unpaired) electrons. The van der Waals surface area contributed by atoms with Crippen LogP contribution in [0, 0.1) is 15.9 Å². The second-order valence-corrected chi connectivity index (χ2v) is 5.34. The van der Waals surface area contributed by atoms with E-state index in [2.05, 4.69) is 0 Å². The minimum Gasteiger partial charge on any atom is -0.478 e. The number of non-ortho nitro benzene ring substituents is 1. The van der Waals surface area contributed by atoms with Crippen LogP contribution in [0.1, 0.15) is 10.4 Å². The summed E-state index contributed by atoms with van der Waals surface area (Å²) >= 11 is 0. The maximum Gasteiger partial charge on any atom is 0.338 e. The summed E-state index contributed by atoms with van der Waals surface area (Å²) < 4.78 is 35.2. The van der Waals surface area contributed by atoms with Crippen molar-refractivity contribution in [3.05, 3.63) is 33.6 Å². The average molecular weight is 284 g/mol. The molecule has 0 aliphatic heterocycles. The van der Waals surface area contributed by atoms with Gasteiger partial charge in [-0.15, -0.1) is 0 Å². The molecule has 0 aromatic heterocycles. The quantitative estimate of drug-likeness (QED) is 0.509. The van der Waals surface area contributed by atoms with Crippen LogP contribution in [-0.4, -0.2) is 24.4 Å². The molecule has 1 N–H and O–H groups in total. The Balaban J connectivity index is 3.73. The third kappa shape index (κ3) is 2.68. The summed E-state index contributed by atoms with van der Waals surface area (Å²) in [5, 5.41) is 19.0. The van der Waals surface area contributed by atoms with E-state index < -0.39 is 41.9 Å². The van der Waals surface area contributed by atoms with Crippen molar-refractivity contribution in [1.82, 2.24) is 0 Å². The predicted octanol–water partition coefficient (Wildman–Crippen LogP) is 1.36. The Morgan fingerprint density at radius 2 is 2.00 bits per heavy atom. The summed E-state index contributed by atoms with van der Waals surface area (Å²) in [5.74, 6) is -3.48. The first-order valence-corrected chi connectivity index (χ1v) is 6.11. The molecule has 0 aliphatic rings. The highest BCUT2D eigenvalue weighted by atomic mass is 35.7. The molecule has 0 atom stereocenters. The van der Waals surface area contributed by atoms with Gasteiger partial charge in [0.15, 0.2) is 5.82 Å². The third-order valence-corrected chi connectivity index (χ3v) is 3.05. The molecular formula is C7H3ClFNO6S. The van der Waals surface area contributed by atoms with Gasteiger partial charge in [-0.1, -0.05) is 0 Å². The zero-order valence-corrected chi connectivity index (χ0v) is 9.33. The normalized spacial score (nSPS) is 11.2. The number of carboxylic acid groups (broad SMARTS) is 1. The minimum atomic E-state index is -4.62. The van der Waals surface area contributed by atoms with E-state index in [0.29, 0.717) is 12.1 Å². The van der Waals surface area contributed by atoms with Gasteiger partial charge in [0.05, 0.1) is 4.92 Å². The first-order chi connectivity index (χ1) is 7.64. The smallest absolute Gasteiger partial charge is 0.338 e. The van der Waals surface area contributed by atoms with Gasteiger partial charge in [-0.05, 0) is 0 Å². The van der Waals surface area contributed by atoms with Crippen molar-refractivity contribution < 1.29 is 27.6 Å². The van der Waals surface area contributed by atoms with Gasteiger partial charge < -0.3 is 5.11 Å². The summed E-state index contributed by atoms with van der Waals surface area (Å²) in [6, 6.07) is 0.757. The summed E-state index contributed by atoms with van der Waals surface area (Å²) in [4.78, 5) is 18.7. The Hall–Kier alpha value is -1.74. The molecule has 0 saturated carbocycles. The van der Waals surface area contributed by atoms with Gasteiger partial charge in [-0.3, -0.25) is 10.1 Å². The van der Waals surface area contributed by atoms with E-state index in [-0.39, 0.29) is 0 Å². The first kappa shape index (κ1) is 13.3. The Labute approximate surface area is 98.0 Å². The second kappa shape index (κ2) is 4.26. The number of nitro benzene ring substituents is 1. The number of carbonyl (C=O) groups is 1. The molecular weight excluding hydrogens is 281 g/mol. The average Bonchev–Trinajstić information content (AvgIpc) is 2.15. The van der Waals surface area contributed by atoms with Crippen LogP contribution >= 0.6 is 10.7 Å². The Morgan fingerprint density at radius 1 is 1.47 bits per heavy atom. The lowest BCUT2D eigenvalue weighted by molar-refractivity contribution is -0.385. The van der Waals surface area contributed by atoms with Crippen LogP contribution in [0.3, 0.4) is 0 Å². The van der Waals surface area contributed by atoms with E-state index in [1.54, 1.807) is 0 Å². The molecule has 0 unspecified atom stereocenters. The van der Waals surface area contributed by atoms with Gasteiger partial charge >= 0.3 is 5.97 Å². The number of halogens is 2. The van der Waals surface area contributed by atoms with Crippen LogP contribution in [0.25, 0.3) is 0 Å². The maximum atomic E-state index is 13.4. The van der Waals surface area contributed by atoms with Crippen LogP contribution in [0.4, 0.5) is 10.1 Å². The molecule has 1 aromatic carbocycles. The Bertz CT molecular complexity index is 613. The second-order valence-electron chi connectivity index (χ2n) is 2.81. The molecule has 1 aromatic rings. The van der Waals surface area contributed by atoms with Crippen LogP contribution < -0.4 is 0 Å². The Morgan fingerprint density at radius 3 is 2.35 bits per heavy atom. The monoisotopic (exact) mass is 283 g/mol. The number of aromatic carboxylic acids is 1. The third-order valence-electron chi connectivity index (χ3n) is 1.73. The topological polar surface area (TPSA) is 115 Å². The van der Waals surface area contributed by atoms with Gasteiger partial charge in [0.2, 0.25) is 0 Å². The van der Waals surface area contributed by atoms with Crippen LogP contribution in [0.15, 0.2) is 17.0 Å². The Kier molecular flexibility index (Phi) is 3.34. The van der Waals surface area contributed by atoms with E-state index in [0.717, 1.165) is 0 Å².